The molecule has 1 aliphatic heterocycles. The number of aromatic carboxylic acids is 1. The molecule has 6 rings (SSSR count). The zero-order chi connectivity index (χ0) is 33.5. The van der Waals surface area contributed by atoms with Gasteiger partial charge in [0, 0.05) is 53.2 Å². The Kier molecular flexibility index (Phi) is 11.3. The van der Waals surface area contributed by atoms with Crippen LogP contribution in [0.3, 0.4) is 0 Å². The first-order chi connectivity index (χ1) is 22.8. The Balaban J connectivity index is 0.000000807. The van der Waals surface area contributed by atoms with Crippen LogP contribution in [0.2, 0.25) is 0 Å². The van der Waals surface area contributed by atoms with Gasteiger partial charge in [0.1, 0.15) is 23.1 Å². The van der Waals surface area contributed by atoms with Gasteiger partial charge in [0.15, 0.2) is 0 Å². The number of aromatic nitrogens is 3. The van der Waals surface area contributed by atoms with E-state index in [1.54, 1.807) is 33.5 Å². The Morgan fingerprint density at radius 1 is 0.979 bits per heavy atom. The van der Waals surface area contributed by atoms with Crippen molar-refractivity contribution in [3.8, 4) is 16.9 Å². The predicted octanol–water partition coefficient (Wildman–Crippen LogP) is 7.67. The van der Waals surface area contributed by atoms with E-state index in [-0.39, 0.29) is 18.1 Å². The molecule has 0 fully saturated rings. The molecule has 10 heteroatoms. The third-order valence-corrected chi connectivity index (χ3v) is 8.62. The number of nitrogens with one attached hydrogen (secondary N) is 1. The summed E-state index contributed by atoms with van der Waals surface area (Å²) in [7, 11) is 1.84. The van der Waals surface area contributed by atoms with Crippen molar-refractivity contribution in [1.29, 1.82) is 0 Å². The number of hydrogen-bond acceptors (Lipinski definition) is 5. The number of ether oxygens (including phenoxy) is 2. The molecule has 47 heavy (non-hydrogen) atoms. The first-order valence-electron chi connectivity index (χ1n) is 16.5. The number of carboxylic acids is 1. The summed E-state index contributed by atoms with van der Waals surface area (Å²) in [4.78, 5) is 12.8. The molecule has 0 radical (unpaired) electrons. The second-order valence-corrected chi connectivity index (χ2v) is 11.6. The Bertz CT molecular complexity index is 1860. The van der Waals surface area contributed by atoms with E-state index >= 15 is 4.39 Å². The van der Waals surface area contributed by atoms with Crippen LogP contribution in [-0.4, -0.2) is 51.7 Å². The number of carbonyl (C=O) groups is 1. The van der Waals surface area contributed by atoms with Crippen LogP contribution in [-0.2, 0) is 37.8 Å². The zero-order valence-corrected chi connectivity index (χ0v) is 27.7. The van der Waals surface area contributed by atoms with Gasteiger partial charge in [0.2, 0.25) is 0 Å². The number of carboxylic acid groups (broad SMARTS) is 1. The molecule has 0 spiro atoms. The molecule has 0 saturated heterocycles. The molecule has 8 nitrogen and oxygen atoms in total. The number of hydrogen-bond donors (Lipinski definition) is 2. The third kappa shape index (κ3) is 7.04. The molecule has 1 aliphatic rings. The minimum Gasteiger partial charge on any atom is -0.493 e. The number of fused-ring (bicyclic) bond motifs is 3. The molecule has 250 valence electrons. The molecular formula is C37H44F2N4O4. The van der Waals surface area contributed by atoms with E-state index in [9.17, 15) is 14.3 Å². The van der Waals surface area contributed by atoms with E-state index in [1.165, 1.54) is 12.1 Å². The summed E-state index contributed by atoms with van der Waals surface area (Å²) in [5.74, 6) is -1.20. The monoisotopic (exact) mass is 646 g/mol. The summed E-state index contributed by atoms with van der Waals surface area (Å²) in [6.07, 6.45) is 2.99. The first-order valence-corrected chi connectivity index (χ1v) is 16.5. The van der Waals surface area contributed by atoms with Crippen LogP contribution < -0.4 is 10.1 Å². The highest BCUT2D eigenvalue weighted by Gasteiger charge is 2.29. The van der Waals surface area contributed by atoms with Gasteiger partial charge < -0.3 is 24.5 Å². The molecule has 2 aromatic heterocycles. The summed E-state index contributed by atoms with van der Waals surface area (Å²) < 4.78 is 45.7. The number of halogens is 2. The van der Waals surface area contributed by atoms with Gasteiger partial charge in [-0.1, -0.05) is 45.0 Å². The van der Waals surface area contributed by atoms with Gasteiger partial charge in [0.25, 0.3) is 0 Å². The lowest BCUT2D eigenvalue weighted by Gasteiger charge is -2.13. The van der Waals surface area contributed by atoms with Crippen LogP contribution in [0.25, 0.3) is 32.8 Å². The standard InChI is InChI=1S/C33H33F2N3O4.C4H11N/c1-3-27-30-26(36-37(27)2)19-41-17-7-6-16-38-31-23(12-13-25(35)29(30)31)22(32(38)33(39)40)11-8-18-42-28-15-14-24(34)20-9-4-5-10-21(20)28;1-3-5-4-2/h4-5,9-10,12-15H,3,6-8,11,16-19H2,1-2H3,(H,39,40);5H,3-4H2,1-2H3. The van der Waals surface area contributed by atoms with Crippen molar-refractivity contribution >= 4 is 27.6 Å². The Hall–Kier alpha value is -4.28. The first kappa shape index (κ1) is 34.1. The minimum absolute atomic E-state index is 0.174. The Labute approximate surface area is 274 Å². The molecule has 2 N–H and O–H groups in total. The molecule has 0 aliphatic carbocycles. The molecule has 0 atom stereocenters. The SMILES string of the molecule is CCNCC.CCc1c2c(nn1C)COCCCCn1c(C(=O)O)c(CCCOc3ccc(F)c4ccccc34)c3ccc(F)c-2c31. The molecule has 3 heterocycles. The molecule has 5 aromatic rings. The molecule has 0 unspecified atom stereocenters. The van der Waals surface area contributed by atoms with E-state index in [4.69, 9.17) is 9.47 Å². The quantitative estimate of drug-likeness (QED) is 0.160. The second-order valence-electron chi connectivity index (χ2n) is 11.6. The fourth-order valence-corrected chi connectivity index (χ4v) is 6.55. The molecule has 3 aromatic carbocycles. The fraction of sp³-hybridized carbons (Fsp3) is 0.405. The highest BCUT2D eigenvalue weighted by Crippen LogP contribution is 2.41. The lowest BCUT2D eigenvalue weighted by atomic mass is 9.96. The smallest absolute Gasteiger partial charge is 0.352 e. The van der Waals surface area contributed by atoms with Crippen molar-refractivity contribution in [1.82, 2.24) is 19.7 Å². The predicted molar refractivity (Wildman–Crippen MR) is 181 cm³/mol. The van der Waals surface area contributed by atoms with E-state index in [1.807, 2.05) is 26.1 Å². The summed E-state index contributed by atoms with van der Waals surface area (Å²) in [5, 5.41) is 20.1. The van der Waals surface area contributed by atoms with Crippen molar-refractivity contribution in [2.45, 2.75) is 66.0 Å². The van der Waals surface area contributed by atoms with Crippen LogP contribution in [0.1, 0.15) is 67.5 Å². The summed E-state index contributed by atoms with van der Waals surface area (Å²) >= 11 is 0. The van der Waals surface area contributed by atoms with Gasteiger partial charge in [-0.2, -0.15) is 5.10 Å². The summed E-state index contributed by atoms with van der Waals surface area (Å²) in [6, 6.07) is 13.3. The van der Waals surface area contributed by atoms with Crippen LogP contribution >= 0.6 is 0 Å². The molecule has 0 bridgehead atoms. The summed E-state index contributed by atoms with van der Waals surface area (Å²) in [6.45, 7) is 9.88. The molecular weight excluding hydrogens is 602 g/mol. The van der Waals surface area contributed by atoms with E-state index in [0.29, 0.717) is 95.3 Å². The maximum Gasteiger partial charge on any atom is 0.352 e. The van der Waals surface area contributed by atoms with E-state index < -0.39 is 11.8 Å². The maximum absolute atomic E-state index is 15.9. The number of benzene rings is 3. The van der Waals surface area contributed by atoms with Gasteiger partial charge >= 0.3 is 5.97 Å². The van der Waals surface area contributed by atoms with Crippen LogP contribution in [0, 0.1) is 11.6 Å². The third-order valence-electron chi connectivity index (χ3n) is 8.62. The normalized spacial score (nSPS) is 13.1. The zero-order valence-electron chi connectivity index (χ0n) is 27.7. The van der Waals surface area contributed by atoms with Crippen LogP contribution in [0.5, 0.6) is 5.75 Å². The number of rotatable bonds is 9. The highest BCUT2D eigenvalue weighted by atomic mass is 19.1. The van der Waals surface area contributed by atoms with Crippen molar-refractivity contribution in [3.63, 3.8) is 0 Å². The van der Waals surface area contributed by atoms with Gasteiger partial charge in [0.05, 0.1) is 24.4 Å². The maximum atomic E-state index is 15.9. The van der Waals surface area contributed by atoms with Crippen molar-refractivity contribution in [2.24, 2.45) is 7.05 Å². The lowest BCUT2D eigenvalue weighted by Crippen LogP contribution is -2.12. The largest absolute Gasteiger partial charge is 0.493 e. The second kappa shape index (κ2) is 15.5. The van der Waals surface area contributed by atoms with Gasteiger partial charge in [-0.05, 0) is 75.0 Å². The number of aryl methyl sites for hydroxylation is 3. The van der Waals surface area contributed by atoms with Gasteiger partial charge in [-0.3, -0.25) is 4.68 Å². The Morgan fingerprint density at radius 3 is 2.43 bits per heavy atom. The minimum atomic E-state index is -1.05. The van der Waals surface area contributed by atoms with E-state index in [0.717, 1.165) is 25.2 Å². The fourth-order valence-electron chi connectivity index (χ4n) is 6.55. The molecule has 0 amide bonds. The lowest BCUT2D eigenvalue weighted by molar-refractivity contribution is 0.0683. The van der Waals surface area contributed by atoms with Crippen LogP contribution in [0.4, 0.5) is 8.78 Å². The van der Waals surface area contributed by atoms with Crippen molar-refractivity contribution < 1.29 is 28.2 Å². The topological polar surface area (TPSA) is 90.5 Å². The average molecular weight is 647 g/mol. The van der Waals surface area contributed by atoms with Gasteiger partial charge in [-0.15, -0.1) is 0 Å². The summed E-state index contributed by atoms with van der Waals surface area (Å²) in [5.41, 5.74) is 3.98. The van der Waals surface area contributed by atoms with Crippen molar-refractivity contribution in [2.75, 3.05) is 26.3 Å². The van der Waals surface area contributed by atoms with Crippen LogP contribution in [0.15, 0.2) is 48.5 Å². The van der Waals surface area contributed by atoms with Crippen molar-refractivity contribution in [3.05, 3.63) is 82.8 Å². The Morgan fingerprint density at radius 2 is 1.72 bits per heavy atom. The van der Waals surface area contributed by atoms with Gasteiger partial charge in [-0.25, -0.2) is 13.6 Å². The number of nitrogens with zero attached hydrogens (tertiary/aromatic N) is 3. The highest BCUT2D eigenvalue weighted by molar-refractivity contribution is 6.04. The molecule has 0 saturated carbocycles. The van der Waals surface area contributed by atoms with E-state index in [2.05, 4.69) is 24.3 Å². The average Bonchev–Trinajstić information content (AvgIpc) is 3.54.